The number of nitrogens with zero attached hydrogens (tertiary/aromatic N) is 3. The van der Waals surface area contributed by atoms with Gasteiger partial charge >= 0.3 is 0 Å². The standard InChI is InChI=1S/C39H69N5O5/c1-14-28(8)36(32(48-12)24-33(45)44-22-15-16-31(44)37(49-13)27(6)7)43(11)39(47)34(25(2)3)41-38(46)35(26(4)5)42(10)23-21-29-17-19-30(40-9)20-18-29/h17-20,25-28,31-32,34-37,40H,14-16,21-24H2,1-13H3,(H,41,46)/t28-,31-,32+,34-,35-,36-,37+/m0/s1. The van der Waals surface area contributed by atoms with Gasteiger partial charge < -0.3 is 29.9 Å². The molecular formula is C39H69N5O5. The van der Waals surface area contributed by atoms with Gasteiger partial charge in [0.15, 0.2) is 0 Å². The maximum Gasteiger partial charge on any atom is 0.245 e. The van der Waals surface area contributed by atoms with E-state index < -0.39 is 18.2 Å². The van der Waals surface area contributed by atoms with Crippen molar-refractivity contribution in [1.29, 1.82) is 0 Å². The Labute approximate surface area is 298 Å². The Morgan fingerprint density at radius 1 is 0.939 bits per heavy atom. The molecule has 10 heteroatoms. The van der Waals surface area contributed by atoms with E-state index in [4.69, 9.17) is 9.47 Å². The SMILES string of the molecule is CC[C@H](C)[C@@H]([C@@H](CC(=O)N1CCC[C@H]1[C@H](OC)C(C)C)OC)N(C)C(=O)[C@@H](NC(=O)[C@H](C(C)C)N(C)CCc1ccc(NC)cc1)C(C)C. The summed E-state index contributed by atoms with van der Waals surface area (Å²) in [5, 5.41) is 6.30. The number of carbonyl (C=O) groups is 3. The third kappa shape index (κ3) is 11.4. The second kappa shape index (κ2) is 20.2. The quantitative estimate of drug-likeness (QED) is 0.192. The van der Waals surface area contributed by atoms with Crippen molar-refractivity contribution in [2.24, 2.45) is 23.7 Å². The van der Waals surface area contributed by atoms with Crippen LogP contribution in [0.4, 0.5) is 5.69 Å². The molecular weight excluding hydrogens is 618 g/mol. The molecule has 1 saturated heterocycles. The minimum Gasteiger partial charge on any atom is -0.388 e. The van der Waals surface area contributed by atoms with E-state index in [0.717, 1.165) is 31.4 Å². The van der Waals surface area contributed by atoms with E-state index in [0.29, 0.717) is 13.1 Å². The molecule has 10 nitrogen and oxygen atoms in total. The van der Waals surface area contributed by atoms with Crippen molar-refractivity contribution < 1.29 is 23.9 Å². The average molecular weight is 688 g/mol. The molecule has 0 radical (unpaired) electrons. The van der Waals surface area contributed by atoms with Gasteiger partial charge in [0.25, 0.3) is 0 Å². The molecule has 0 saturated carbocycles. The summed E-state index contributed by atoms with van der Waals surface area (Å²) < 4.78 is 11.9. The highest BCUT2D eigenvalue weighted by atomic mass is 16.5. The summed E-state index contributed by atoms with van der Waals surface area (Å²) in [5.41, 5.74) is 2.26. The molecule has 1 fully saturated rings. The molecule has 1 aromatic rings. The van der Waals surface area contributed by atoms with Gasteiger partial charge in [-0.2, -0.15) is 0 Å². The Morgan fingerprint density at radius 2 is 1.57 bits per heavy atom. The van der Waals surface area contributed by atoms with E-state index >= 15 is 0 Å². The highest BCUT2D eigenvalue weighted by Crippen LogP contribution is 2.29. The lowest BCUT2D eigenvalue weighted by atomic mass is 9.89. The molecule has 0 bridgehead atoms. The predicted octanol–water partition coefficient (Wildman–Crippen LogP) is 5.31. The molecule has 1 aliphatic heterocycles. The van der Waals surface area contributed by atoms with Crippen LogP contribution in [0.3, 0.4) is 0 Å². The number of anilines is 1. The monoisotopic (exact) mass is 688 g/mol. The average Bonchev–Trinajstić information content (AvgIpc) is 3.55. The smallest absolute Gasteiger partial charge is 0.245 e. The lowest BCUT2D eigenvalue weighted by Gasteiger charge is -2.41. The van der Waals surface area contributed by atoms with E-state index in [1.807, 2.05) is 46.7 Å². The van der Waals surface area contributed by atoms with Gasteiger partial charge in [0.05, 0.1) is 36.8 Å². The summed E-state index contributed by atoms with van der Waals surface area (Å²) in [7, 11) is 9.02. The molecule has 280 valence electrons. The van der Waals surface area contributed by atoms with Gasteiger partial charge in [0.2, 0.25) is 17.7 Å². The van der Waals surface area contributed by atoms with Crippen molar-refractivity contribution in [3.63, 3.8) is 0 Å². The number of hydrogen-bond acceptors (Lipinski definition) is 7. The molecule has 2 N–H and O–H groups in total. The molecule has 0 aromatic heterocycles. The van der Waals surface area contributed by atoms with Gasteiger partial charge in [0, 0.05) is 47.1 Å². The van der Waals surface area contributed by atoms with Gasteiger partial charge in [0.1, 0.15) is 6.04 Å². The minimum atomic E-state index is -0.725. The minimum absolute atomic E-state index is 0.0284. The fourth-order valence-corrected chi connectivity index (χ4v) is 7.60. The zero-order valence-corrected chi connectivity index (χ0v) is 32.9. The number of carbonyl (C=O) groups excluding carboxylic acids is 3. The maximum atomic E-state index is 14.3. The van der Waals surface area contributed by atoms with E-state index in [9.17, 15) is 14.4 Å². The van der Waals surface area contributed by atoms with Crippen LogP contribution < -0.4 is 10.6 Å². The second-order valence-electron chi connectivity index (χ2n) is 15.1. The van der Waals surface area contributed by atoms with Crippen LogP contribution in [0.15, 0.2) is 24.3 Å². The Balaban J connectivity index is 2.24. The lowest BCUT2D eigenvalue weighted by molar-refractivity contribution is -0.147. The molecule has 0 unspecified atom stereocenters. The van der Waals surface area contributed by atoms with Crippen molar-refractivity contribution in [2.75, 3.05) is 53.8 Å². The number of rotatable bonds is 20. The number of ether oxygens (including phenoxy) is 2. The van der Waals surface area contributed by atoms with Crippen LogP contribution in [0, 0.1) is 23.7 Å². The first-order chi connectivity index (χ1) is 23.1. The van der Waals surface area contributed by atoms with Gasteiger partial charge in [-0.25, -0.2) is 0 Å². The third-order valence-corrected chi connectivity index (χ3v) is 10.6. The van der Waals surface area contributed by atoms with Crippen molar-refractivity contribution in [1.82, 2.24) is 20.0 Å². The zero-order chi connectivity index (χ0) is 37.0. The van der Waals surface area contributed by atoms with E-state index in [2.05, 4.69) is 67.5 Å². The summed E-state index contributed by atoms with van der Waals surface area (Å²) in [4.78, 5) is 47.9. The third-order valence-electron chi connectivity index (χ3n) is 10.6. The first-order valence-corrected chi connectivity index (χ1v) is 18.5. The molecule has 3 amide bonds. The molecule has 2 rings (SSSR count). The number of benzene rings is 1. The van der Waals surface area contributed by atoms with E-state index in [1.54, 1.807) is 26.2 Å². The summed E-state index contributed by atoms with van der Waals surface area (Å²) in [6, 6.07) is 6.87. The van der Waals surface area contributed by atoms with E-state index in [-0.39, 0.29) is 66.0 Å². The van der Waals surface area contributed by atoms with Crippen LogP contribution in [0.1, 0.15) is 86.6 Å². The number of methoxy groups -OCH3 is 2. The van der Waals surface area contributed by atoms with Gasteiger partial charge in [-0.1, -0.05) is 73.9 Å². The Kier molecular flexibility index (Phi) is 17.5. The summed E-state index contributed by atoms with van der Waals surface area (Å²) >= 11 is 0. The van der Waals surface area contributed by atoms with Gasteiger partial charge in [-0.15, -0.1) is 0 Å². The molecule has 7 atom stereocenters. The molecule has 1 aliphatic rings. The highest BCUT2D eigenvalue weighted by Gasteiger charge is 2.41. The van der Waals surface area contributed by atoms with E-state index in [1.165, 1.54) is 5.56 Å². The van der Waals surface area contributed by atoms with Gasteiger partial charge in [-0.3, -0.25) is 19.3 Å². The summed E-state index contributed by atoms with van der Waals surface area (Å²) in [6.45, 7) is 17.9. The number of hydrogen-bond donors (Lipinski definition) is 2. The van der Waals surface area contributed by atoms with Crippen molar-refractivity contribution >= 4 is 23.4 Å². The van der Waals surface area contributed by atoms with Crippen LogP contribution in [0.2, 0.25) is 0 Å². The van der Waals surface area contributed by atoms with Crippen LogP contribution in [0.25, 0.3) is 0 Å². The number of likely N-dealkylation sites (tertiary alicyclic amines) is 1. The Morgan fingerprint density at radius 3 is 2.06 bits per heavy atom. The molecule has 0 spiro atoms. The second-order valence-corrected chi connectivity index (χ2v) is 15.1. The summed E-state index contributed by atoms with van der Waals surface area (Å²) in [5.74, 6) is -0.0556. The topological polar surface area (TPSA) is 103 Å². The Hall–Kier alpha value is -2.69. The maximum absolute atomic E-state index is 14.3. The van der Waals surface area contributed by atoms with Crippen LogP contribution in [-0.4, -0.2) is 117 Å². The molecule has 0 aliphatic carbocycles. The molecule has 1 heterocycles. The number of nitrogens with one attached hydrogen (secondary N) is 2. The fourth-order valence-electron chi connectivity index (χ4n) is 7.60. The first kappa shape index (κ1) is 42.5. The predicted molar refractivity (Wildman–Crippen MR) is 200 cm³/mol. The highest BCUT2D eigenvalue weighted by molar-refractivity contribution is 5.90. The van der Waals surface area contributed by atoms with Crippen LogP contribution in [-0.2, 0) is 30.3 Å². The molecule has 49 heavy (non-hydrogen) atoms. The largest absolute Gasteiger partial charge is 0.388 e. The van der Waals surface area contributed by atoms with Crippen LogP contribution in [0.5, 0.6) is 0 Å². The number of amides is 3. The summed E-state index contributed by atoms with van der Waals surface area (Å²) in [6.07, 6.45) is 3.11. The first-order valence-electron chi connectivity index (χ1n) is 18.5. The Bertz CT molecular complexity index is 1160. The van der Waals surface area contributed by atoms with Crippen molar-refractivity contribution in [2.45, 2.75) is 124 Å². The van der Waals surface area contributed by atoms with Gasteiger partial charge in [-0.05, 0) is 67.7 Å². The zero-order valence-electron chi connectivity index (χ0n) is 32.9. The lowest BCUT2D eigenvalue weighted by Crippen LogP contribution is -2.60. The number of likely N-dealkylation sites (N-methyl/N-ethyl adjacent to an activating group) is 2. The fraction of sp³-hybridized carbons (Fsp3) is 0.769. The molecule has 1 aromatic carbocycles. The van der Waals surface area contributed by atoms with Crippen molar-refractivity contribution in [3.05, 3.63) is 29.8 Å². The van der Waals surface area contributed by atoms with Crippen LogP contribution >= 0.6 is 0 Å². The normalized spacial score (nSPS) is 18.8. The van der Waals surface area contributed by atoms with Crippen molar-refractivity contribution in [3.8, 4) is 0 Å².